The molecule has 0 amide bonds. The lowest BCUT2D eigenvalue weighted by Crippen LogP contribution is -2.32. The summed E-state index contributed by atoms with van der Waals surface area (Å²) in [6.45, 7) is 3.08. The van der Waals surface area contributed by atoms with E-state index in [0.29, 0.717) is 6.54 Å². The molecule has 1 aliphatic rings. The Labute approximate surface area is 108 Å². The highest BCUT2D eigenvalue weighted by Crippen LogP contribution is 2.12. The van der Waals surface area contributed by atoms with E-state index in [1.54, 1.807) is 0 Å². The molecule has 0 spiro atoms. The second kappa shape index (κ2) is 5.82. The molecule has 0 aromatic heterocycles. The molecule has 0 radical (unpaired) electrons. The molecule has 1 fully saturated rings. The second-order valence-corrected chi connectivity index (χ2v) is 6.54. The molecule has 1 aromatic carbocycles. The van der Waals surface area contributed by atoms with Gasteiger partial charge in [0.25, 0.3) is 0 Å². The van der Waals surface area contributed by atoms with Crippen LogP contribution in [-0.4, -0.2) is 27.7 Å². The van der Waals surface area contributed by atoms with Crippen LogP contribution in [0.25, 0.3) is 0 Å². The van der Waals surface area contributed by atoms with Crippen LogP contribution in [0.15, 0.2) is 24.3 Å². The van der Waals surface area contributed by atoms with E-state index < -0.39 is 10.0 Å². The van der Waals surface area contributed by atoms with Crippen LogP contribution in [0.3, 0.4) is 0 Å². The van der Waals surface area contributed by atoms with Gasteiger partial charge in [-0.05, 0) is 25.3 Å². The zero-order valence-electron chi connectivity index (χ0n) is 10.6. The Kier molecular flexibility index (Phi) is 4.37. The lowest BCUT2D eigenvalue weighted by atomic mass is 10.2. The van der Waals surface area contributed by atoms with E-state index in [4.69, 9.17) is 4.74 Å². The number of rotatable bonds is 5. The van der Waals surface area contributed by atoms with Crippen molar-refractivity contribution in [2.45, 2.75) is 31.6 Å². The van der Waals surface area contributed by atoms with Crippen molar-refractivity contribution < 1.29 is 13.2 Å². The van der Waals surface area contributed by atoms with Crippen LogP contribution < -0.4 is 4.72 Å². The number of sulfonamides is 1. The molecule has 100 valence electrons. The van der Waals surface area contributed by atoms with Gasteiger partial charge in [0.1, 0.15) is 0 Å². The average Bonchev–Trinajstić information content (AvgIpc) is 2.78. The number of ether oxygens (including phenoxy) is 1. The van der Waals surface area contributed by atoms with Gasteiger partial charge in [-0.2, -0.15) is 0 Å². The van der Waals surface area contributed by atoms with E-state index >= 15 is 0 Å². The Morgan fingerprint density at radius 2 is 2.28 bits per heavy atom. The maximum absolute atomic E-state index is 11.9. The van der Waals surface area contributed by atoms with Crippen molar-refractivity contribution in [3.05, 3.63) is 35.4 Å². The number of nitrogens with one attached hydrogen (secondary N) is 1. The number of aryl methyl sites for hydroxylation is 1. The molecule has 18 heavy (non-hydrogen) atoms. The highest BCUT2D eigenvalue weighted by molar-refractivity contribution is 7.88. The Morgan fingerprint density at radius 3 is 2.94 bits per heavy atom. The second-order valence-electron chi connectivity index (χ2n) is 4.73. The number of hydrogen-bond donors (Lipinski definition) is 1. The van der Waals surface area contributed by atoms with Gasteiger partial charge in [-0.1, -0.05) is 29.8 Å². The van der Waals surface area contributed by atoms with Gasteiger partial charge in [-0.15, -0.1) is 0 Å². The molecule has 1 atom stereocenters. The Morgan fingerprint density at radius 1 is 1.44 bits per heavy atom. The third-order valence-corrected chi connectivity index (χ3v) is 4.31. The first-order valence-corrected chi connectivity index (χ1v) is 7.85. The van der Waals surface area contributed by atoms with Gasteiger partial charge >= 0.3 is 0 Å². The minimum atomic E-state index is -3.27. The normalized spacial score (nSPS) is 20.2. The molecule has 0 bridgehead atoms. The average molecular weight is 269 g/mol. The van der Waals surface area contributed by atoms with Crippen molar-refractivity contribution in [3.63, 3.8) is 0 Å². The van der Waals surface area contributed by atoms with E-state index in [2.05, 4.69) is 4.72 Å². The molecule has 0 saturated carbocycles. The predicted octanol–water partition coefficient (Wildman–Crippen LogP) is 1.59. The summed E-state index contributed by atoms with van der Waals surface area (Å²) in [6.07, 6.45) is 1.99. The standard InChI is InChI=1S/C13H19NO3S/c1-11-4-2-5-12(8-11)10-18(15,16)14-9-13-6-3-7-17-13/h2,4-5,8,13-14H,3,6-7,9-10H2,1H3/t13-/m1/s1. The van der Waals surface area contributed by atoms with E-state index in [0.717, 1.165) is 30.6 Å². The molecule has 5 heteroatoms. The van der Waals surface area contributed by atoms with E-state index in [1.807, 2.05) is 31.2 Å². The van der Waals surface area contributed by atoms with Crippen molar-refractivity contribution in [2.24, 2.45) is 0 Å². The highest BCUT2D eigenvalue weighted by atomic mass is 32.2. The topological polar surface area (TPSA) is 55.4 Å². The monoisotopic (exact) mass is 269 g/mol. The Balaban J connectivity index is 1.90. The van der Waals surface area contributed by atoms with Crippen LogP contribution in [-0.2, 0) is 20.5 Å². The molecular formula is C13H19NO3S. The van der Waals surface area contributed by atoms with Crippen molar-refractivity contribution >= 4 is 10.0 Å². The van der Waals surface area contributed by atoms with E-state index in [-0.39, 0.29) is 11.9 Å². The lowest BCUT2D eigenvalue weighted by Gasteiger charge is -2.11. The van der Waals surface area contributed by atoms with E-state index in [9.17, 15) is 8.42 Å². The molecule has 1 heterocycles. The van der Waals surface area contributed by atoms with Gasteiger partial charge in [0.2, 0.25) is 10.0 Å². The molecule has 1 aliphatic heterocycles. The lowest BCUT2D eigenvalue weighted by molar-refractivity contribution is 0.114. The fourth-order valence-corrected chi connectivity index (χ4v) is 3.26. The van der Waals surface area contributed by atoms with Crippen LogP contribution in [0.4, 0.5) is 0 Å². The van der Waals surface area contributed by atoms with Gasteiger partial charge in [0.15, 0.2) is 0 Å². The summed E-state index contributed by atoms with van der Waals surface area (Å²) < 4.78 is 31.8. The zero-order chi connectivity index (χ0) is 13.0. The molecule has 1 N–H and O–H groups in total. The molecule has 0 aliphatic carbocycles. The minimum Gasteiger partial charge on any atom is -0.377 e. The van der Waals surface area contributed by atoms with Crippen LogP contribution in [0.2, 0.25) is 0 Å². The SMILES string of the molecule is Cc1cccc(CS(=O)(=O)NC[C@H]2CCCO2)c1. The van der Waals surface area contributed by atoms with Gasteiger partial charge in [-0.3, -0.25) is 0 Å². The Hall–Kier alpha value is -0.910. The fourth-order valence-electron chi connectivity index (χ4n) is 2.10. The summed E-state index contributed by atoms with van der Waals surface area (Å²) in [5, 5.41) is 0. The summed E-state index contributed by atoms with van der Waals surface area (Å²) >= 11 is 0. The fraction of sp³-hybridized carbons (Fsp3) is 0.538. The summed E-state index contributed by atoms with van der Waals surface area (Å²) in [6, 6.07) is 7.56. The first kappa shape index (κ1) is 13.5. The van der Waals surface area contributed by atoms with Crippen molar-refractivity contribution in [2.75, 3.05) is 13.2 Å². The van der Waals surface area contributed by atoms with Gasteiger partial charge in [-0.25, -0.2) is 13.1 Å². The Bertz CT molecular complexity index is 493. The minimum absolute atomic E-state index is 0.0292. The number of benzene rings is 1. The van der Waals surface area contributed by atoms with Gasteiger partial charge < -0.3 is 4.74 Å². The van der Waals surface area contributed by atoms with Gasteiger partial charge in [0, 0.05) is 13.2 Å². The summed E-state index contributed by atoms with van der Waals surface area (Å²) in [4.78, 5) is 0. The molecular weight excluding hydrogens is 250 g/mol. The molecule has 0 unspecified atom stereocenters. The van der Waals surface area contributed by atoms with Crippen LogP contribution in [0.5, 0.6) is 0 Å². The summed E-state index contributed by atoms with van der Waals surface area (Å²) in [5.41, 5.74) is 1.89. The van der Waals surface area contributed by atoms with E-state index in [1.165, 1.54) is 0 Å². The summed E-state index contributed by atoms with van der Waals surface area (Å²) in [7, 11) is -3.27. The van der Waals surface area contributed by atoms with Crippen LogP contribution in [0, 0.1) is 6.92 Å². The molecule has 1 saturated heterocycles. The third kappa shape index (κ3) is 4.08. The number of hydrogen-bond acceptors (Lipinski definition) is 3. The van der Waals surface area contributed by atoms with Crippen molar-refractivity contribution in [1.82, 2.24) is 4.72 Å². The zero-order valence-corrected chi connectivity index (χ0v) is 11.4. The quantitative estimate of drug-likeness (QED) is 0.883. The van der Waals surface area contributed by atoms with Crippen LogP contribution >= 0.6 is 0 Å². The summed E-state index contributed by atoms with van der Waals surface area (Å²) in [5.74, 6) is 0.0292. The largest absolute Gasteiger partial charge is 0.377 e. The predicted molar refractivity (Wildman–Crippen MR) is 70.8 cm³/mol. The van der Waals surface area contributed by atoms with Crippen LogP contribution in [0.1, 0.15) is 24.0 Å². The molecule has 1 aromatic rings. The molecule has 4 nitrogen and oxygen atoms in total. The third-order valence-electron chi connectivity index (χ3n) is 2.99. The van der Waals surface area contributed by atoms with Crippen molar-refractivity contribution in [1.29, 1.82) is 0 Å². The first-order valence-electron chi connectivity index (χ1n) is 6.20. The highest BCUT2D eigenvalue weighted by Gasteiger charge is 2.19. The smallest absolute Gasteiger partial charge is 0.215 e. The van der Waals surface area contributed by atoms with Crippen molar-refractivity contribution in [3.8, 4) is 0 Å². The maximum Gasteiger partial charge on any atom is 0.215 e. The first-order chi connectivity index (χ1) is 8.55. The van der Waals surface area contributed by atoms with Gasteiger partial charge in [0.05, 0.1) is 11.9 Å². The maximum atomic E-state index is 11.9. The molecule has 2 rings (SSSR count).